The average Bonchev–Trinajstić information content (AvgIpc) is 2.57. The van der Waals surface area contributed by atoms with E-state index in [9.17, 15) is 4.89 Å². The average molecular weight is 324 g/mol. The van der Waals surface area contributed by atoms with Gasteiger partial charge in [0.05, 0.1) is 0 Å². The monoisotopic (exact) mass is 324 g/mol. The maximum absolute atomic E-state index is 11.3. The van der Waals surface area contributed by atoms with Crippen molar-refractivity contribution in [3.63, 3.8) is 0 Å². The van der Waals surface area contributed by atoms with Crippen molar-refractivity contribution in [2.75, 3.05) is 0 Å². The van der Waals surface area contributed by atoms with Crippen LogP contribution in [0, 0.1) is 0 Å². The molecule has 0 unspecified atom stereocenters. The van der Waals surface area contributed by atoms with Crippen molar-refractivity contribution >= 4 is 13.2 Å². The van der Waals surface area contributed by atoms with E-state index in [1.807, 2.05) is 30.3 Å². The molecule has 3 nitrogen and oxygen atoms in total. The minimum atomic E-state index is -3.30. The second-order valence-corrected chi connectivity index (χ2v) is 8.92. The zero-order chi connectivity index (χ0) is 15.3. The summed E-state index contributed by atoms with van der Waals surface area (Å²) >= 11 is 0. The van der Waals surface area contributed by atoms with Crippen molar-refractivity contribution in [2.45, 2.75) is 76.4 Å². The molecule has 0 aromatic heterocycles. The van der Waals surface area contributed by atoms with E-state index in [-0.39, 0.29) is 12.2 Å². The van der Waals surface area contributed by atoms with E-state index in [0.717, 1.165) is 31.0 Å². The summed E-state index contributed by atoms with van der Waals surface area (Å²) in [5, 5.41) is 0.853. The molecule has 0 radical (unpaired) electrons. The Bertz CT molecular complexity index is 419. The van der Waals surface area contributed by atoms with Gasteiger partial charge in [0.2, 0.25) is 0 Å². The number of hydrogen-bond acceptors (Lipinski definition) is 3. The molecule has 2 aliphatic rings. The van der Waals surface area contributed by atoms with Gasteiger partial charge in [0.25, 0.3) is 0 Å². The van der Waals surface area contributed by atoms with Crippen LogP contribution in [0.15, 0.2) is 30.3 Å². The first-order valence-electron chi connectivity index (χ1n) is 8.90. The van der Waals surface area contributed by atoms with E-state index >= 15 is 0 Å². The fourth-order valence-electron chi connectivity index (χ4n) is 3.63. The van der Waals surface area contributed by atoms with E-state index in [0.29, 0.717) is 0 Å². The van der Waals surface area contributed by atoms with E-state index in [2.05, 4.69) is 0 Å². The summed E-state index contributed by atoms with van der Waals surface area (Å²) in [4.78, 5) is 11.3. The summed E-state index contributed by atoms with van der Waals surface area (Å²) in [5.74, 6) is 0. The summed E-state index contributed by atoms with van der Waals surface area (Å²) in [6, 6.07) is 9.80. The summed E-state index contributed by atoms with van der Waals surface area (Å²) in [5.41, 5.74) is 0. The Balaban J connectivity index is 1.74. The molecule has 1 aromatic rings. The summed E-state index contributed by atoms with van der Waals surface area (Å²) in [6.07, 6.45) is 11.9. The van der Waals surface area contributed by atoms with Gasteiger partial charge in [-0.25, -0.2) is 0 Å². The Morgan fingerprint density at radius 3 is 1.64 bits per heavy atom. The third-order valence-corrected chi connectivity index (χ3v) is 7.26. The van der Waals surface area contributed by atoms with Crippen molar-refractivity contribution in [2.24, 2.45) is 0 Å². The predicted molar refractivity (Wildman–Crippen MR) is 92.5 cm³/mol. The van der Waals surface area contributed by atoms with Gasteiger partial charge in [-0.2, -0.15) is 0 Å². The van der Waals surface area contributed by atoms with Crippen molar-refractivity contribution in [3.8, 4) is 0 Å². The molecule has 0 saturated heterocycles. The van der Waals surface area contributed by atoms with Crippen LogP contribution in [0.5, 0.6) is 0 Å². The maximum atomic E-state index is 11.3. The van der Waals surface area contributed by atoms with E-state index in [4.69, 9.17) is 9.05 Å². The fraction of sp³-hybridized carbons (Fsp3) is 0.667. The van der Waals surface area contributed by atoms with Crippen LogP contribution >= 0.6 is 7.94 Å². The van der Waals surface area contributed by atoms with Crippen molar-refractivity contribution < 1.29 is 13.9 Å². The van der Waals surface area contributed by atoms with Gasteiger partial charge in [-0.1, -0.05) is 0 Å². The first-order valence-corrected chi connectivity index (χ1v) is 10.7. The fourth-order valence-corrected chi connectivity index (χ4v) is 5.95. The topological polar surface area (TPSA) is 38.7 Å². The number of rotatable bonds is 5. The van der Waals surface area contributed by atoms with Gasteiger partial charge in [-0.05, 0) is 0 Å². The third kappa shape index (κ3) is 4.29. The van der Waals surface area contributed by atoms with Gasteiger partial charge >= 0.3 is 134 Å². The van der Waals surface area contributed by atoms with Crippen LogP contribution in [0.1, 0.15) is 64.2 Å². The first-order chi connectivity index (χ1) is 10.8. The molecule has 0 bridgehead atoms. The molecule has 0 aliphatic heterocycles. The molecule has 0 atom stereocenters. The Kier molecular flexibility index (Phi) is 5.87. The zero-order valence-electron chi connectivity index (χ0n) is 13.4. The van der Waals surface area contributed by atoms with Crippen LogP contribution in [0.25, 0.3) is 0 Å². The summed E-state index contributed by atoms with van der Waals surface area (Å²) in [7, 11) is -3.30. The molecule has 0 heterocycles. The van der Waals surface area contributed by atoms with Crippen LogP contribution in [0.3, 0.4) is 0 Å². The van der Waals surface area contributed by atoms with Crippen molar-refractivity contribution in [3.05, 3.63) is 30.3 Å². The van der Waals surface area contributed by atoms with E-state index in [1.165, 1.54) is 38.5 Å². The minimum absolute atomic E-state index is 0.161. The molecule has 1 aromatic carbocycles. The molecule has 0 spiro atoms. The number of benzene rings is 1. The SMILES string of the molecule is O[PH](OC1CCCCC1)(OC1CCCCC1)c1ccccc1. The van der Waals surface area contributed by atoms with Crippen LogP contribution in [0.4, 0.5) is 0 Å². The Labute approximate surface area is 134 Å². The standard InChI is InChI=1S/C18H29O3P/c19-22(18-14-8-3-9-15-18,20-16-10-4-1-5-11-16)21-17-12-6-2-7-13-17/h3,8-9,14-17,19,22H,1-2,4-7,10-13H2. The van der Waals surface area contributed by atoms with Crippen molar-refractivity contribution in [1.82, 2.24) is 0 Å². The summed E-state index contributed by atoms with van der Waals surface area (Å²) < 4.78 is 12.5. The first kappa shape index (κ1) is 16.4. The van der Waals surface area contributed by atoms with Crippen LogP contribution in [-0.4, -0.2) is 17.1 Å². The Hall–Kier alpha value is -0.470. The normalized spacial score (nSPS) is 22.6. The molecule has 2 saturated carbocycles. The number of hydrogen-bond donors (Lipinski definition) is 1. The molecular weight excluding hydrogens is 295 g/mol. The van der Waals surface area contributed by atoms with E-state index in [1.54, 1.807) is 0 Å². The molecule has 2 aliphatic carbocycles. The summed E-state index contributed by atoms with van der Waals surface area (Å²) in [6.45, 7) is 0. The zero-order valence-corrected chi connectivity index (χ0v) is 14.4. The Morgan fingerprint density at radius 2 is 1.18 bits per heavy atom. The van der Waals surface area contributed by atoms with Crippen LogP contribution < -0.4 is 5.30 Å². The second-order valence-electron chi connectivity index (χ2n) is 6.70. The van der Waals surface area contributed by atoms with Gasteiger partial charge in [0.1, 0.15) is 0 Å². The van der Waals surface area contributed by atoms with Gasteiger partial charge in [-0.15, -0.1) is 0 Å². The second kappa shape index (κ2) is 7.88. The molecule has 2 fully saturated rings. The van der Waals surface area contributed by atoms with Crippen LogP contribution in [0.2, 0.25) is 0 Å². The van der Waals surface area contributed by atoms with Gasteiger partial charge < -0.3 is 0 Å². The van der Waals surface area contributed by atoms with Gasteiger partial charge in [0.15, 0.2) is 0 Å². The van der Waals surface area contributed by atoms with Crippen molar-refractivity contribution in [1.29, 1.82) is 0 Å². The van der Waals surface area contributed by atoms with Gasteiger partial charge in [-0.3, -0.25) is 0 Å². The molecular formula is C18H29O3P. The molecule has 1 N–H and O–H groups in total. The molecule has 0 amide bonds. The predicted octanol–water partition coefficient (Wildman–Crippen LogP) is 4.50. The quantitative estimate of drug-likeness (QED) is 0.811. The van der Waals surface area contributed by atoms with E-state index < -0.39 is 7.94 Å². The Morgan fingerprint density at radius 1 is 0.727 bits per heavy atom. The molecule has 4 heteroatoms. The molecule has 124 valence electrons. The molecule has 22 heavy (non-hydrogen) atoms. The van der Waals surface area contributed by atoms with Crippen LogP contribution in [-0.2, 0) is 9.05 Å². The van der Waals surface area contributed by atoms with Gasteiger partial charge in [0, 0.05) is 0 Å². The third-order valence-electron chi connectivity index (χ3n) is 4.90. The molecule has 3 rings (SSSR count).